The summed E-state index contributed by atoms with van der Waals surface area (Å²) in [6, 6.07) is 14.1. The van der Waals surface area contributed by atoms with E-state index < -0.39 is 10.0 Å². The van der Waals surface area contributed by atoms with Gasteiger partial charge in [0.2, 0.25) is 10.0 Å². The van der Waals surface area contributed by atoms with E-state index in [1.807, 2.05) is 30.3 Å². The van der Waals surface area contributed by atoms with Crippen LogP contribution >= 0.6 is 0 Å². The third-order valence-electron chi connectivity index (χ3n) is 5.10. The average Bonchev–Trinajstić information content (AvgIpc) is 2.69. The first-order valence-electron chi connectivity index (χ1n) is 9.59. The molecule has 1 aliphatic carbocycles. The van der Waals surface area contributed by atoms with E-state index in [9.17, 15) is 13.2 Å². The summed E-state index contributed by atoms with van der Waals surface area (Å²) in [6.45, 7) is 1.79. The maximum absolute atomic E-state index is 12.8. The van der Waals surface area contributed by atoms with Gasteiger partial charge in [0.05, 0.1) is 10.6 Å². The maximum atomic E-state index is 12.8. The second-order valence-electron chi connectivity index (χ2n) is 7.27. The molecule has 28 heavy (non-hydrogen) atoms. The fraction of sp³-hybridized carbons (Fsp3) is 0.381. The van der Waals surface area contributed by atoms with Crippen molar-refractivity contribution in [2.45, 2.75) is 50.0 Å². The number of para-hydroxylation sites is 1. The largest absolute Gasteiger partial charge is 0.288 e. The number of nitrogens with zero attached hydrogens (tertiary/aromatic N) is 1. The molecule has 0 spiro atoms. The van der Waals surface area contributed by atoms with E-state index in [4.69, 9.17) is 0 Å². The number of hydrazine groups is 1. The smallest absolute Gasteiger partial charge is 0.270 e. The monoisotopic (exact) mass is 401 g/mol. The van der Waals surface area contributed by atoms with Crippen molar-refractivity contribution in [1.82, 2.24) is 10.1 Å². The van der Waals surface area contributed by atoms with Gasteiger partial charge < -0.3 is 0 Å². The number of amides is 1. The summed E-state index contributed by atoms with van der Waals surface area (Å²) in [6.07, 6.45) is 4.96. The first-order chi connectivity index (χ1) is 13.4. The van der Waals surface area contributed by atoms with Gasteiger partial charge in [-0.2, -0.15) is 0 Å². The molecular weight excluding hydrogens is 374 g/mol. The Labute approximate surface area is 167 Å². The Bertz CT molecular complexity index is 923. The molecule has 0 unspecified atom stereocenters. The summed E-state index contributed by atoms with van der Waals surface area (Å²) in [5.74, 6) is -0.349. The number of nitrogens with one attached hydrogen (secondary N) is 2. The Balaban J connectivity index is 1.77. The van der Waals surface area contributed by atoms with Crippen molar-refractivity contribution in [1.29, 1.82) is 0 Å². The molecule has 0 radical (unpaired) electrons. The summed E-state index contributed by atoms with van der Waals surface area (Å²) in [5.41, 5.74) is 4.68. The molecule has 0 saturated heterocycles. The van der Waals surface area contributed by atoms with Gasteiger partial charge in [0.15, 0.2) is 0 Å². The topological polar surface area (TPSA) is 78.5 Å². The zero-order valence-corrected chi connectivity index (χ0v) is 17.1. The van der Waals surface area contributed by atoms with E-state index >= 15 is 0 Å². The van der Waals surface area contributed by atoms with E-state index in [2.05, 4.69) is 10.1 Å². The SMILES string of the molecule is Cc1ccc(S(=O)(=O)NC2CCCCC2)cc1C(=O)NN(C)c1ccccc1. The van der Waals surface area contributed by atoms with Gasteiger partial charge in [-0.15, -0.1) is 0 Å². The van der Waals surface area contributed by atoms with E-state index in [-0.39, 0.29) is 16.8 Å². The molecule has 2 N–H and O–H groups in total. The lowest BCUT2D eigenvalue weighted by Gasteiger charge is -2.23. The first kappa shape index (κ1) is 20.4. The molecule has 7 heteroatoms. The van der Waals surface area contributed by atoms with Crippen LogP contribution in [0.4, 0.5) is 5.69 Å². The molecule has 1 saturated carbocycles. The third-order valence-corrected chi connectivity index (χ3v) is 6.62. The minimum absolute atomic E-state index is 0.0263. The lowest BCUT2D eigenvalue weighted by molar-refractivity contribution is 0.0950. The highest BCUT2D eigenvalue weighted by atomic mass is 32.2. The lowest BCUT2D eigenvalue weighted by Crippen LogP contribution is -2.40. The van der Waals surface area contributed by atoms with Gasteiger partial charge in [0.1, 0.15) is 0 Å². The number of carbonyl (C=O) groups excluding carboxylic acids is 1. The molecule has 0 aliphatic heterocycles. The van der Waals surface area contributed by atoms with E-state index in [0.717, 1.165) is 43.4 Å². The second-order valence-corrected chi connectivity index (χ2v) is 8.98. The molecule has 150 valence electrons. The molecule has 0 heterocycles. The van der Waals surface area contributed by atoms with Crippen LogP contribution in [0.25, 0.3) is 0 Å². The highest BCUT2D eigenvalue weighted by Crippen LogP contribution is 2.21. The molecule has 3 rings (SSSR count). The zero-order chi connectivity index (χ0) is 20.1. The Morgan fingerprint density at radius 2 is 1.71 bits per heavy atom. The van der Waals surface area contributed by atoms with Crippen LogP contribution in [0.15, 0.2) is 53.4 Å². The van der Waals surface area contributed by atoms with Crippen molar-refractivity contribution in [3.8, 4) is 0 Å². The molecule has 6 nitrogen and oxygen atoms in total. The number of sulfonamides is 1. The molecular formula is C21H27N3O3S. The molecule has 1 fully saturated rings. The van der Waals surface area contributed by atoms with Gasteiger partial charge in [-0.1, -0.05) is 43.5 Å². The quantitative estimate of drug-likeness (QED) is 0.728. The van der Waals surface area contributed by atoms with Gasteiger partial charge in [0, 0.05) is 18.7 Å². The van der Waals surface area contributed by atoms with Crippen LogP contribution < -0.4 is 15.2 Å². The van der Waals surface area contributed by atoms with E-state index in [1.165, 1.54) is 6.07 Å². The number of aryl methyl sites for hydroxylation is 1. The molecule has 0 bridgehead atoms. The molecule has 2 aromatic carbocycles. The van der Waals surface area contributed by atoms with Gasteiger partial charge in [-0.25, -0.2) is 13.1 Å². The third kappa shape index (κ3) is 4.91. The molecule has 1 amide bonds. The van der Waals surface area contributed by atoms with Crippen LogP contribution in [-0.4, -0.2) is 27.4 Å². The van der Waals surface area contributed by atoms with Crippen molar-refractivity contribution >= 4 is 21.6 Å². The Morgan fingerprint density at radius 3 is 2.39 bits per heavy atom. The predicted octanol–water partition coefficient (Wildman–Crippen LogP) is 3.39. The molecule has 1 aliphatic rings. The summed E-state index contributed by atoms with van der Waals surface area (Å²) in [5, 5.41) is 1.61. The lowest BCUT2D eigenvalue weighted by atomic mass is 9.96. The second kappa shape index (κ2) is 8.75. The number of carbonyl (C=O) groups is 1. The molecule has 0 aromatic heterocycles. The van der Waals surface area contributed by atoms with E-state index in [1.54, 1.807) is 31.1 Å². The van der Waals surface area contributed by atoms with Crippen LogP contribution in [0.1, 0.15) is 48.0 Å². The highest BCUT2D eigenvalue weighted by molar-refractivity contribution is 7.89. The summed E-state index contributed by atoms with van der Waals surface area (Å²) >= 11 is 0. The fourth-order valence-corrected chi connectivity index (χ4v) is 4.78. The van der Waals surface area contributed by atoms with Crippen LogP contribution in [0.5, 0.6) is 0 Å². The van der Waals surface area contributed by atoms with Crippen LogP contribution in [-0.2, 0) is 10.0 Å². The van der Waals surface area contributed by atoms with Crippen LogP contribution in [0.2, 0.25) is 0 Å². The Hall–Kier alpha value is -2.38. The first-order valence-corrected chi connectivity index (χ1v) is 11.1. The molecule has 0 atom stereocenters. The zero-order valence-electron chi connectivity index (χ0n) is 16.3. The van der Waals surface area contributed by atoms with Crippen molar-refractivity contribution in [2.75, 3.05) is 12.1 Å². The normalized spacial score (nSPS) is 15.2. The van der Waals surface area contributed by atoms with Crippen molar-refractivity contribution in [2.24, 2.45) is 0 Å². The number of rotatable bonds is 6. The van der Waals surface area contributed by atoms with Gasteiger partial charge >= 0.3 is 0 Å². The number of anilines is 1. The number of hydrogen-bond donors (Lipinski definition) is 2. The predicted molar refractivity (Wildman–Crippen MR) is 111 cm³/mol. The van der Waals surface area contributed by atoms with Crippen molar-refractivity contribution in [3.63, 3.8) is 0 Å². The van der Waals surface area contributed by atoms with Crippen LogP contribution in [0, 0.1) is 6.92 Å². The van der Waals surface area contributed by atoms with Crippen molar-refractivity contribution in [3.05, 3.63) is 59.7 Å². The summed E-state index contributed by atoms with van der Waals surface area (Å²) in [7, 11) is -1.91. The standard InChI is InChI=1S/C21H27N3O3S/c1-16-13-14-19(28(26,27)23-17-9-5-3-6-10-17)15-20(16)21(25)22-24(2)18-11-7-4-8-12-18/h4,7-8,11-15,17,23H,3,5-6,9-10H2,1-2H3,(H,22,25). The highest BCUT2D eigenvalue weighted by Gasteiger charge is 2.23. The van der Waals surface area contributed by atoms with Gasteiger partial charge in [0.25, 0.3) is 5.91 Å². The Kier molecular flexibility index (Phi) is 6.36. The minimum atomic E-state index is -3.66. The summed E-state index contributed by atoms with van der Waals surface area (Å²) in [4.78, 5) is 12.9. The van der Waals surface area contributed by atoms with Crippen LogP contribution in [0.3, 0.4) is 0 Å². The fourth-order valence-electron chi connectivity index (χ4n) is 3.45. The van der Waals surface area contributed by atoms with Gasteiger partial charge in [-0.05, 0) is 49.6 Å². The Morgan fingerprint density at radius 1 is 1.04 bits per heavy atom. The average molecular weight is 402 g/mol. The molecule has 2 aromatic rings. The summed E-state index contributed by atoms with van der Waals surface area (Å²) < 4.78 is 28.3. The van der Waals surface area contributed by atoms with Crippen molar-refractivity contribution < 1.29 is 13.2 Å². The van der Waals surface area contributed by atoms with Gasteiger partial charge in [-0.3, -0.25) is 15.2 Å². The van der Waals surface area contributed by atoms with E-state index in [0.29, 0.717) is 5.56 Å². The number of hydrogen-bond acceptors (Lipinski definition) is 4. The minimum Gasteiger partial charge on any atom is -0.288 e. The maximum Gasteiger partial charge on any atom is 0.270 e. The number of benzene rings is 2.